The van der Waals surface area contributed by atoms with Gasteiger partial charge in [0.25, 0.3) is 0 Å². The van der Waals surface area contributed by atoms with Crippen LogP contribution in [0, 0.1) is 0 Å². The van der Waals surface area contributed by atoms with Gasteiger partial charge in [-0.2, -0.15) is 0 Å². The molecule has 1 atom stereocenters. The number of rotatable bonds is 0. The molecule has 0 aliphatic rings. The van der Waals surface area contributed by atoms with Crippen LogP contribution in [0.5, 0.6) is 0 Å². The molecule has 0 saturated carbocycles. The van der Waals surface area contributed by atoms with Gasteiger partial charge in [0.1, 0.15) is 0 Å². The molecule has 0 aromatic heterocycles. The Kier molecular flexibility index (Phi) is 72.0. The maximum atomic E-state index is 3.17. The molecule has 4 heavy (non-hydrogen) atoms. The number of hydrogen-bond donors (Lipinski definition) is 0. The normalized spacial score (nSPS) is 1.50. The average Bonchev–Trinajstić information content (AvgIpc) is 1.00. The first-order valence-corrected chi connectivity index (χ1v) is 2.52. The fourth-order valence-corrected chi connectivity index (χ4v) is 0. The Bertz CT molecular complexity index is 8.00. The minimum atomic E-state index is 0. The predicted molar refractivity (Wildman–Crippen MR) is 16.9 cm³/mol. The van der Waals surface area contributed by atoms with E-state index in [9.17, 15) is 0 Å². The van der Waals surface area contributed by atoms with Crippen molar-refractivity contribution in [2.24, 2.45) is 0 Å². The van der Waals surface area contributed by atoms with Crippen molar-refractivity contribution < 1.29 is 32.6 Å². The van der Waals surface area contributed by atoms with Gasteiger partial charge in [0.05, 0.1) is 0 Å². The molecule has 0 saturated heterocycles. The molecular weight excluding hydrogens is 165 g/mol. The van der Waals surface area contributed by atoms with Gasteiger partial charge in [-0.15, -0.1) is 0 Å². The summed E-state index contributed by atoms with van der Waals surface area (Å²) in [5, 5.41) is 0. The number of hydrogen-bond acceptors (Lipinski definition) is 0. The predicted octanol–water partition coefficient (Wildman–Crippen LogP) is -0.328. The molecule has 0 bridgehead atoms. The Morgan fingerprint density at radius 1 is 1.25 bits per heavy atom. The molecule has 0 spiro atoms. The van der Waals surface area contributed by atoms with Crippen LogP contribution in [0.4, 0.5) is 0 Å². The second kappa shape index (κ2) is 17.9. The molecule has 0 aromatic rings. The Labute approximate surface area is 69.3 Å². The second-order valence-electron chi connectivity index (χ2n) is 0. The van der Waals surface area contributed by atoms with E-state index in [-0.39, 0.29) is 46.6 Å². The fraction of sp³-hybridized carbons (Fsp3) is 0. The first-order valence-electron chi connectivity index (χ1n) is 0.204. The molecule has 0 rings (SSSR count). The van der Waals surface area contributed by atoms with Crippen molar-refractivity contribution in [1.29, 1.82) is 0 Å². The van der Waals surface area contributed by atoms with E-state index >= 15 is 0 Å². The molecule has 0 aliphatic carbocycles. The Balaban J connectivity index is -0.00000000500. The molecule has 0 aliphatic heterocycles. The molecule has 24 valence electrons. The van der Waals surface area contributed by atoms with Crippen LogP contribution >= 0.6 is 7.93 Å². The zero-order valence-electron chi connectivity index (χ0n) is 1.31. The molecule has 1 unspecified atom stereocenters. The Hall–Kier alpha value is 2.47. The standard InChI is InChI=1S/Fe.Mn.Na.H2P.H/h;;;1H2;/q+1;;;-1;. The molecule has 1 radical (unpaired) electrons. The molecule has 0 heterocycles. The quantitative estimate of drug-likeness (QED) is 0.343. The summed E-state index contributed by atoms with van der Waals surface area (Å²) in [6.45, 7) is 0. The summed E-state index contributed by atoms with van der Waals surface area (Å²) < 4.78 is 0. The zero-order valence-corrected chi connectivity index (χ0v) is 4.75. The summed E-state index contributed by atoms with van der Waals surface area (Å²) in [6.07, 6.45) is 0. The van der Waals surface area contributed by atoms with Crippen molar-refractivity contribution in [2.45, 2.75) is 0 Å². The van der Waals surface area contributed by atoms with E-state index in [4.69, 9.17) is 0 Å². The van der Waals surface area contributed by atoms with Gasteiger partial charge in [-0.05, 0) is 0 Å². The van der Waals surface area contributed by atoms with Crippen LogP contribution in [0.3, 0.4) is 0 Å². The van der Waals surface area contributed by atoms with Gasteiger partial charge in [-0.1, -0.05) is 0 Å². The molecular formula is H3FeMnNaP. The van der Waals surface area contributed by atoms with Gasteiger partial charge >= 0.3 is 53.1 Å². The van der Waals surface area contributed by atoms with Gasteiger partial charge in [0.15, 0.2) is 0 Å². The van der Waals surface area contributed by atoms with E-state index in [1.54, 1.807) is 0 Å². The second-order valence-corrected chi connectivity index (χ2v) is 0. The van der Waals surface area contributed by atoms with E-state index in [1.807, 2.05) is 0 Å². The van der Waals surface area contributed by atoms with Crippen molar-refractivity contribution in [2.75, 3.05) is 0 Å². The summed E-state index contributed by atoms with van der Waals surface area (Å²) in [5.41, 5.74) is 0. The Morgan fingerprint density at radius 3 is 1.25 bits per heavy atom. The zero-order chi connectivity index (χ0) is 2.00. The monoisotopic (exact) mass is 168 g/mol. The molecule has 0 aromatic carbocycles. The third-order valence-electron chi connectivity index (χ3n) is 0. The van der Waals surface area contributed by atoms with E-state index in [0.717, 1.165) is 0 Å². The average molecular weight is 168 g/mol. The molecule has 0 nitrogen and oxygen atoms in total. The van der Waals surface area contributed by atoms with E-state index in [2.05, 4.69) is 23.5 Å². The van der Waals surface area contributed by atoms with E-state index < -0.39 is 0 Å². The summed E-state index contributed by atoms with van der Waals surface area (Å²) in [6, 6.07) is 0. The van der Waals surface area contributed by atoms with Crippen molar-refractivity contribution in [3.63, 3.8) is 0 Å². The summed E-state index contributed by atoms with van der Waals surface area (Å²) in [5.74, 6) is 0. The van der Waals surface area contributed by atoms with Crippen LogP contribution < -0.4 is 0 Å². The summed E-state index contributed by atoms with van der Waals surface area (Å²) in [4.78, 5) is 0. The third kappa shape index (κ3) is 8.82. The maximum absolute atomic E-state index is 3.17. The minimum absolute atomic E-state index is 0. The molecule has 0 fully saturated rings. The third-order valence-corrected chi connectivity index (χ3v) is 0. The van der Waals surface area contributed by atoms with Gasteiger partial charge in [-0.3, -0.25) is 0 Å². The van der Waals surface area contributed by atoms with Crippen LogP contribution in [0.15, 0.2) is 0 Å². The van der Waals surface area contributed by atoms with Crippen LogP contribution in [-0.2, 0) is 32.6 Å². The molecule has 0 amide bonds. The SMILES string of the molecule is [Mn].[NaH].[PH2][Fe]. The van der Waals surface area contributed by atoms with E-state index in [1.165, 1.54) is 0 Å². The van der Waals surface area contributed by atoms with Gasteiger partial charge < -0.3 is 0 Å². The van der Waals surface area contributed by atoms with Crippen LogP contribution in [0.25, 0.3) is 0 Å². The van der Waals surface area contributed by atoms with Crippen molar-refractivity contribution in [1.82, 2.24) is 0 Å². The van der Waals surface area contributed by atoms with Crippen molar-refractivity contribution in [3.8, 4) is 0 Å². The molecule has 4 heteroatoms. The van der Waals surface area contributed by atoms with E-state index in [0.29, 0.717) is 0 Å². The van der Waals surface area contributed by atoms with Crippen LogP contribution in [0.1, 0.15) is 0 Å². The fourth-order valence-electron chi connectivity index (χ4n) is 0. The molecule has 0 N–H and O–H groups in total. The van der Waals surface area contributed by atoms with Crippen LogP contribution in [-0.4, -0.2) is 29.6 Å². The van der Waals surface area contributed by atoms with Crippen LogP contribution in [0.2, 0.25) is 0 Å². The Morgan fingerprint density at radius 2 is 1.25 bits per heavy atom. The summed E-state index contributed by atoms with van der Waals surface area (Å²) in [7, 11) is 2.17. The van der Waals surface area contributed by atoms with Crippen molar-refractivity contribution >= 4 is 37.5 Å². The first-order chi connectivity index (χ1) is 1.00. The summed E-state index contributed by atoms with van der Waals surface area (Å²) >= 11 is 3.17. The topological polar surface area (TPSA) is 0 Å². The van der Waals surface area contributed by atoms with Crippen molar-refractivity contribution in [3.05, 3.63) is 0 Å². The van der Waals surface area contributed by atoms with Gasteiger partial charge in [0.2, 0.25) is 0 Å². The first kappa shape index (κ1) is 16.1. The van der Waals surface area contributed by atoms with Gasteiger partial charge in [0, 0.05) is 17.1 Å². The van der Waals surface area contributed by atoms with Gasteiger partial charge in [-0.25, -0.2) is 0 Å².